The minimum absolute atomic E-state index is 0.0732. The molecule has 8 nitrogen and oxygen atoms in total. The highest BCUT2D eigenvalue weighted by Crippen LogP contribution is 2.24. The van der Waals surface area contributed by atoms with Gasteiger partial charge in [0.1, 0.15) is 29.4 Å². The normalized spacial score (nSPS) is 15.9. The number of nitrogens with two attached hydrogens (primary N) is 1. The molecular weight excluding hydrogens is 388 g/mol. The molecule has 0 radical (unpaired) electrons. The minimum atomic E-state index is -0.584. The smallest absolute Gasteiger partial charge is 0.261 e. The van der Waals surface area contributed by atoms with Crippen molar-refractivity contribution in [2.45, 2.75) is 18.9 Å². The molecule has 0 spiro atoms. The molecule has 1 unspecified atom stereocenters. The van der Waals surface area contributed by atoms with Gasteiger partial charge >= 0.3 is 0 Å². The average molecular weight is 408 g/mol. The Labute approximate surface area is 171 Å². The largest absolute Gasteiger partial charge is 0.484 e. The molecule has 8 heteroatoms. The number of rotatable bonds is 6. The van der Waals surface area contributed by atoms with Crippen molar-refractivity contribution in [1.82, 2.24) is 4.90 Å². The Morgan fingerprint density at radius 3 is 2.70 bits per heavy atom. The Balaban J connectivity index is 1.47. The van der Waals surface area contributed by atoms with Crippen molar-refractivity contribution in [1.29, 1.82) is 0 Å². The van der Waals surface area contributed by atoms with Crippen LogP contribution >= 0.6 is 0 Å². The summed E-state index contributed by atoms with van der Waals surface area (Å²) in [5.74, 6) is 0.139. The highest BCUT2D eigenvalue weighted by molar-refractivity contribution is 5.88. The zero-order valence-electron chi connectivity index (χ0n) is 16.1. The van der Waals surface area contributed by atoms with Crippen LogP contribution in [0.4, 0.5) is 0 Å². The van der Waals surface area contributed by atoms with E-state index in [1.165, 1.54) is 17.2 Å². The molecule has 2 N–H and O–H groups in total. The fourth-order valence-electron chi connectivity index (χ4n) is 3.46. The number of benzene rings is 2. The minimum Gasteiger partial charge on any atom is -0.484 e. The third kappa shape index (κ3) is 3.98. The second-order valence-electron chi connectivity index (χ2n) is 6.94. The van der Waals surface area contributed by atoms with E-state index in [9.17, 15) is 14.4 Å². The van der Waals surface area contributed by atoms with Gasteiger partial charge in [-0.3, -0.25) is 14.4 Å². The van der Waals surface area contributed by atoms with Crippen LogP contribution in [-0.2, 0) is 9.59 Å². The Hall–Kier alpha value is -3.81. The lowest BCUT2D eigenvalue weighted by Crippen LogP contribution is -2.45. The van der Waals surface area contributed by atoms with Crippen molar-refractivity contribution in [2.24, 2.45) is 5.73 Å². The molecular formula is C22H20N2O6. The summed E-state index contributed by atoms with van der Waals surface area (Å²) in [6, 6.07) is 13.0. The molecule has 1 aliphatic heterocycles. The van der Waals surface area contributed by atoms with Crippen molar-refractivity contribution >= 4 is 22.8 Å². The Morgan fingerprint density at radius 1 is 1.13 bits per heavy atom. The van der Waals surface area contributed by atoms with Crippen molar-refractivity contribution in [2.75, 3.05) is 13.2 Å². The van der Waals surface area contributed by atoms with E-state index in [1.807, 2.05) is 6.07 Å². The molecule has 1 aliphatic rings. The van der Waals surface area contributed by atoms with Gasteiger partial charge in [-0.1, -0.05) is 18.2 Å². The van der Waals surface area contributed by atoms with Gasteiger partial charge in [0.05, 0.1) is 5.39 Å². The zero-order valence-corrected chi connectivity index (χ0v) is 16.1. The van der Waals surface area contributed by atoms with Crippen LogP contribution in [0.5, 0.6) is 17.2 Å². The van der Waals surface area contributed by atoms with Crippen LogP contribution in [0.25, 0.3) is 11.0 Å². The van der Waals surface area contributed by atoms with E-state index >= 15 is 0 Å². The molecule has 1 aromatic heterocycles. The SMILES string of the molecule is NC(=O)C1CCCN1C(=O)COc1ccc2c(=O)c(Oc3ccccc3)coc2c1. The first kappa shape index (κ1) is 19.5. The van der Waals surface area contributed by atoms with Gasteiger partial charge in [0.15, 0.2) is 6.61 Å². The first-order valence-corrected chi connectivity index (χ1v) is 9.53. The molecule has 2 aromatic carbocycles. The van der Waals surface area contributed by atoms with E-state index in [1.54, 1.807) is 36.4 Å². The first-order chi connectivity index (χ1) is 14.5. The van der Waals surface area contributed by atoms with E-state index < -0.39 is 11.9 Å². The molecule has 4 rings (SSSR count). The van der Waals surface area contributed by atoms with Crippen LogP contribution < -0.4 is 20.6 Å². The Morgan fingerprint density at radius 2 is 1.93 bits per heavy atom. The topological polar surface area (TPSA) is 112 Å². The van der Waals surface area contributed by atoms with Crippen LogP contribution in [-0.4, -0.2) is 35.9 Å². The van der Waals surface area contributed by atoms with E-state index in [0.717, 1.165) is 6.42 Å². The molecule has 0 bridgehead atoms. The van der Waals surface area contributed by atoms with Gasteiger partial charge < -0.3 is 24.5 Å². The van der Waals surface area contributed by atoms with E-state index in [-0.39, 0.29) is 23.7 Å². The number of carbonyl (C=O) groups excluding carboxylic acids is 2. The number of hydrogen-bond acceptors (Lipinski definition) is 6. The third-order valence-corrected chi connectivity index (χ3v) is 4.95. The van der Waals surface area contributed by atoms with Gasteiger partial charge in [-0.2, -0.15) is 0 Å². The molecule has 0 aliphatic carbocycles. The second-order valence-corrected chi connectivity index (χ2v) is 6.94. The van der Waals surface area contributed by atoms with E-state index in [0.29, 0.717) is 35.4 Å². The molecule has 3 aromatic rings. The standard InChI is InChI=1S/C22H20N2O6/c23-22(27)17-7-4-10-24(17)20(25)13-28-15-8-9-16-18(11-15)29-12-19(21(16)26)30-14-5-2-1-3-6-14/h1-3,5-6,8-9,11-12,17H,4,7,10,13H2,(H2,23,27). The first-order valence-electron chi connectivity index (χ1n) is 9.53. The number of nitrogens with zero attached hydrogens (tertiary/aromatic N) is 1. The summed E-state index contributed by atoms with van der Waals surface area (Å²) in [5.41, 5.74) is 5.34. The lowest BCUT2D eigenvalue weighted by molar-refractivity contribution is -0.138. The number of para-hydroxylation sites is 1. The molecule has 1 atom stereocenters. The van der Waals surface area contributed by atoms with Crippen LogP contribution in [0, 0.1) is 0 Å². The average Bonchev–Trinajstić information content (AvgIpc) is 3.25. The summed E-state index contributed by atoms with van der Waals surface area (Å²) in [6.45, 7) is 0.237. The molecule has 2 amide bonds. The van der Waals surface area contributed by atoms with Crippen molar-refractivity contribution in [3.8, 4) is 17.2 Å². The summed E-state index contributed by atoms with van der Waals surface area (Å²) >= 11 is 0. The molecule has 0 saturated carbocycles. The maximum Gasteiger partial charge on any atom is 0.261 e. The number of ether oxygens (including phenoxy) is 2. The van der Waals surface area contributed by atoms with Crippen LogP contribution in [0.1, 0.15) is 12.8 Å². The number of carbonyl (C=O) groups is 2. The maximum atomic E-state index is 12.7. The van der Waals surface area contributed by atoms with Crippen LogP contribution in [0.3, 0.4) is 0 Å². The summed E-state index contributed by atoms with van der Waals surface area (Å²) in [6.07, 6.45) is 2.54. The van der Waals surface area contributed by atoms with Crippen molar-refractivity contribution in [3.05, 3.63) is 65.0 Å². The monoisotopic (exact) mass is 408 g/mol. The number of hydrogen-bond donors (Lipinski definition) is 1. The summed E-state index contributed by atoms with van der Waals surface area (Å²) < 4.78 is 16.7. The van der Waals surface area contributed by atoms with Gasteiger partial charge in [-0.25, -0.2) is 0 Å². The lowest BCUT2D eigenvalue weighted by atomic mass is 10.2. The maximum absolute atomic E-state index is 12.7. The molecule has 1 saturated heterocycles. The fourth-order valence-corrected chi connectivity index (χ4v) is 3.46. The highest BCUT2D eigenvalue weighted by Gasteiger charge is 2.32. The van der Waals surface area contributed by atoms with Crippen LogP contribution in [0.2, 0.25) is 0 Å². The fraction of sp³-hybridized carbons (Fsp3) is 0.227. The number of fused-ring (bicyclic) bond motifs is 1. The predicted octanol–water partition coefficient (Wildman–Crippen LogP) is 2.44. The Kier molecular flexibility index (Phi) is 5.38. The van der Waals surface area contributed by atoms with E-state index in [4.69, 9.17) is 19.6 Å². The number of likely N-dealkylation sites (tertiary alicyclic amines) is 1. The van der Waals surface area contributed by atoms with Gasteiger partial charge in [-0.15, -0.1) is 0 Å². The van der Waals surface area contributed by atoms with Crippen molar-refractivity contribution in [3.63, 3.8) is 0 Å². The molecule has 1 fully saturated rings. The molecule has 154 valence electrons. The predicted molar refractivity (Wildman–Crippen MR) is 108 cm³/mol. The quantitative estimate of drug-likeness (QED) is 0.670. The Bertz CT molecular complexity index is 1140. The third-order valence-electron chi connectivity index (χ3n) is 4.95. The van der Waals surface area contributed by atoms with Crippen molar-refractivity contribution < 1.29 is 23.5 Å². The number of primary amides is 1. The second kappa shape index (κ2) is 8.28. The summed E-state index contributed by atoms with van der Waals surface area (Å²) in [4.78, 5) is 37.9. The van der Waals surface area contributed by atoms with E-state index in [2.05, 4.69) is 0 Å². The van der Waals surface area contributed by atoms with Crippen LogP contribution in [0.15, 0.2) is 64.0 Å². The van der Waals surface area contributed by atoms with Gasteiger partial charge in [0.25, 0.3) is 5.91 Å². The summed E-state index contributed by atoms with van der Waals surface area (Å²) in [5, 5.41) is 0.329. The molecule has 2 heterocycles. The zero-order chi connectivity index (χ0) is 21.1. The number of amides is 2. The van der Waals surface area contributed by atoms with Gasteiger partial charge in [-0.05, 0) is 37.1 Å². The van der Waals surface area contributed by atoms with Gasteiger partial charge in [0.2, 0.25) is 17.1 Å². The molecule has 30 heavy (non-hydrogen) atoms. The lowest BCUT2D eigenvalue weighted by Gasteiger charge is -2.22. The highest BCUT2D eigenvalue weighted by atomic mass is 16.5. The summed E-state index contributed by atoms with van der Waals surface area (Å²) in [7, 11) is 0. The van der Waals surface area contributed by atoms with Gasteiger partial charge in [0, 0.05) is 12.6 Å².